The number of ether oxygens (including phenoxy) is 4. The van der Waals surface area contributed by atoms with E-state index in [0.717, 1.165) is 73.0 Å². The predicted octanol–water partition coefficient (Wildman–Crippen LogP) is 9.52. The third-order valence-electron chi connectivity index (χ3n) is 16.5. The first-order valence-corrected chi connectivity index (χ1v) is 33.9. The van der Waals surface area contributed by atoms with Crippen LogP contribution in [0.5, 0.6) is 11.5 Å². The Labute approximate surface area is 517 Å². The maximum atomic E-state index is 13.6. The summed E-state index contributed by atoms with van der Waals surface area (Å²) in [5, 5.41) is 8.00. The zero-order valence-corrected chi connectivity index (χ0v) is 53.9. The zero-order chi connectivity index (χ0) is 60.3. The number of amides is 2. The van der Waals surface area contributed by atoms with Gasteiger partial charge in [-0.3, -0.25) is 9.69 Å². The molecule has 8 rings (SSSR count). The fourth-order valence-corrected chi connectivity index (χ4v) is 16.1. The van der Waals surface area contributed by atoms with Crippen LogP contribution < -0.4 is 24.8 Å². The maximum absolute atomic E-state index is 13.6. The number of Topliss-reactive ketones (excluding diaryl/α,β-unsaturated/α-hetero) is 1. The summed E-state index contributed by atoms with van der Waals surface area (Å²) in [6.45, 7) is 10.6. The number of nitrogens with one attached hydrogen (secondary N) is 3. The van der Waals surface area contributed by atoms with Gasteiger partial charge in [0, 0.05) is 96.0 Å². The quantitative estimate of drug-likeness (QED) is 0.0404. The SMILES string of the molecule is Cc1cc(S(=O)(=O)C[C@@H]2CCN(CCOCCNC(=O)NCCCCCC(=O)CCCOCCN3CC[C@@H](NS(=O)(=O)c4ccc(O[C@H]5c6cc(Cl)cc(Cl)c6C[C@@H]5N(C)C)c(C)c4)C3)C2)ccc1O[C@H]1c2cc(Cl)cc(Cl)c2C[C@@H]1N(C)C. The van der Waals surface area contributed by atoms with Gasteiger partial charge in [-0.05, 0) is 189 Å². The number of sulfone groups is 1. The van der Waals surface area contributed by atoms with Gasteiger partial charge in [-0.25, -0.2) is 26.4 Å². The van der Waals surface area contributed by atoms with Crippen LogP contribution >= 0.6 is 46.4 Å². The van der Waals surface area contributed by atoms with Gasteiger partial charge >= 0.3 is 6.03 Å². The van der Waals surface area contributed by atoms with Crippen molar-refractivity contribution in [3.05, 3.63) is 114 Å². The van der Waals surface area contributed by atoms with E-state index in [2.05, 4.69) is 35.0 Å². The second kappa shape index (κ2) is 30.4. The van der Waals surface area contributed by atoms with Gasteiger partial charge in [0.25, 0.3) is 0 Å². The molecule has 0 bridgehead atoms. The Morgan fingerprint density at radius 2 is 1.15 bits per heavy atom. The first kappa shape index (κ1) is 66.2. The number of rotatable bonds is 31. The van der Waals surface area contributed by atoms with Gasteiger partial charge in [0.1, 0.15) is 29.5 Å². The number of likely N-dealkylation sites (N-methyl/N-ethyl adjacent to an activating group) is 2. The molecule has 2 aliphatic heterocycles. The Balaban J connectivity index is 0.608. The first-order chi connectivity index (χ1) is 40.0. The molecule has 3 N–H and O–H groups in total. The summed E-state index contributed by atoms with van der Waals surface area (Å²) in [6.07, 6.45) is 6.23. The van der Waals surface area contributed by atoms with E-state index in [1.165, 1.54) is 0 Å². The zero-order valence-electron chi connectivity index (χ0n) is 49.2. The molecule has 0 radical (unpaired) electrons. The van der Waals surface area contributed by atoms with E-state index in [-0.39, 0.29) is 63.6 Å². The molecule has 6 atom stereocenters. The lowest BCUT2D eigenvalue weighted by atomic mass is 10.1. The minimum Gasteiger partial charge on any atom is -0.484 e. The Kier molecular flexibility index (Phi) is 24.0. The molecule has 0 aromatic heterocycles. The summed E-state index contributed by atoms with van der Waals surface area (Å²) in [4.78, 5) is 33.9. The van der Waals surface area contributed by atoms with Crippen LogP contribution in [0.3, 0.4) is 0 Å². The molecule has 0 saturated carbocycles. The Bertz CT molecular complexity index is 2950. The topological polar surface area (TPSA) is 188 Å². The number of fused-ring (bicyclic) bond motifs is 2. The summed E-state index contributed by atoms with van der Waals surface area (Å²) in [5.74, 6) is 1.49. The first-order valence-electron chi connectivity index (χ1n) is 29.3. The number of sulfonamides is 1. The van der Waals surface area contributed by atoms with Crippen LogP contribution in [-0.2, 0) is 47.0 Å². The molecule has 4 aromatic carbocycles. The third-order valence-corrected chi connectivity index (χ3v) is 21.1. The van der Waals surface area contributed by atoms with Crippen molar-refractivity contribution in [1.29, 1.82) is 0 Å². The van der Waals surface area contributed by atoms with Crippen molar-refractivity contribution in [2.45, 2.75) is 118 Å². The summed E-state index contributed by atoms with van der Waals surface area (Å²) in [5.41, 5.74) is 5.37. The van der Waals surface area contributed by atoms with Crippen molar-refractivity contribution in [1.82, 2.24) is 35.0 Å². The molecular formula is C61H83Cl4N7O10S2. The predicted molar refractivity (Wildman–Crippen MR) is 332 cm³/mol. The van der Waals surface area contributed by atoms with Gasteiger partial charge in [0.05, 0.1) is 47.4 Å². The summed E-state index contributed by atoms with van der Waals surface area (Å²) >= 11 is 25.9. The summed E-state index contributed by atoms with van der Waals surface area (Å²) in [7, 11) is 0.694. The molecule has 2 saturated heterocycles. The van der Waals surface area contributed by atoms with E-state index in [0.29, 0.717) is 135 Å². The highest BCUT2D eigenvalue weighted by Crippen LogP contribution is 2.44. The smallest absolute Gasteiger partial charge is 0.314 e. The van der Waals surface area contributed by atoms with Crippen LogP contribution in [-0.4, -0.2) is 179 Å². The average molecular weight is 1280 g/mol. The van der Waals surface area contributed by atoms with Crippen LogP contribution in [0.1, 0.15) is 97.0 Å². The number of aryl methyl sites for hydroxylation is 2. The van der Waals surface area contributed by atoms with Crippen LogP contribution in [0.25, 0.3) is 0 Å². The van der Waals surface area contributed by atoms with Crippen molar-refractivity contribution in [3.63, 3.8) is 0 Å². The largest absolute Gasteiger partial charge is 0.484 e. The summed E-state index contributed by atoms with van der Waals surface area (Å²) < 4.78 is 81.9. The number of nitrogens with zero attached hydrogens (tertiary/aromatic N) is 4. The standard InChI is InChI=1S/C61H83Cl4N7O10S2/c1-40-29-47(13-15-57(40)81-59-51-31-43(62)33-53(64)49(51)35-55(59)69(3)4)83(75,76)39-42-17-21-71(37-42)23-28-80-26-20-67-61(74)66-19-9-7-8-11-46(73)12-10-25-79-27-24-72-22-18-45(38-72)68-84(77,78)48-14-16-58(41(2)30-48)82-60-52-32-44(63)34-54(65)50(52)36-56(60)70(5)6/h13-16,29-34,42,45,55-56,59-60,68H,7-12,17-28,35-39H2,1-6H3,(H2,66,67,74)/t42-,45-,55+,56+,59+,60+/m1/s1. The minimum atomic E-state index is -3.78. The van der Waals surface area contributed by atoms with E-state index in [9.17, 15) is 26.4 Å². The molecule has 2 fully saturated rings. The molecule has 23 heteroatoms. The van der Waals surface area contributed by atoms with Crippen molar-refractivity contribution in [2.75, 3.05) is 113 Å². The second-order valence-electron chi connectivity index (χ2n) is 23.3. The average Bonchev–Trinajstić information content (AvgIpc) is 2.86. The van der Waals surface area contributed by atoms with Crippen molar-refractivity contribution < 1.29 is 45.4 Å². The number of hydrogen-bond donors (Lipinski definition) is 3. The molecule has 4 aromatic rings. The van der Waals surface area contributed by atoms with E-state index in [1.807, 2.05) is 54.2 Å². The Hall–Kier alpha value is -3.80. The van der Waals surface area contributed by atoms with Crippen molar-refractivity contribution >= 4 is 78.1 Å². The third kappa shape index (κ3) is 17.9. The minimum absolute atomic E-state index is 0.0110. The van der Waals surface area contributed by atoms with E-state index in [1.54, 1.807) is 48.5 Å². The van der Waals surface area contributed by atoms with Crippen molar-refractivity contribution in [2.24, 2.45) is 5.92 Å². The number of halogens is 4. The lowest BCUT2D eigenvalue weighted by Gasteiger charge is -2.28. The van der Waals surface area contributed by atoms with Crippen LogP contribution in [0.4, 0.5) is 4.79 Å². The number of urea groups is 1. The van der Waals surface area contributed by atoms with E-state index in [4.69, 9.17) is 65.4 Å². The van der Waals surface area contributed by atoms with Gasteiger partial charge in [-0.15, -0.1) is 0 Å². The van der Waals surface area contributed by atoms with Gasteiger partial charge in [-0.1, -0.05) is 52.8 Å². The lowest BCUT2D eigenvalue weighted by molar-refractivity contribution is -0.119. The Morgan fingerprint density at radius 1 is 0.619 bits per heavy atom. The maximum Gasteiger partial charge on any atom is 0.314 e. The fraction of sp³-hybridized carbons (Fsp3) is 0.574. The monoisotopic (exact) mass is 1280 g/mol. The number of carbonyl (C=O) groups is 2. The van der Waals surface area contributed by atoms with Crippen LogP contribution in [0.2, 0.25) is 20.1 Å². The molecule has 462 valence electrons. The second-order valence-corrected chi connectivity index (χ2v) is 28.8. The molecule has 0 spiro atoms. The van der Waals surface area contributed by atoms with Crippen molar-refractivity contribution in [3.8, 4) is 11.5 Å². The van der Waals surface area contributed by atoms with Crippen LogP contribution in [0.15, 0.2) is 70.5 Å². The number of hydrogen-bond acceptors (Lipinski definition) is 14. The number of ketones is 1. The highest BCUT2D eigenvalue weighted by atomic mass is 35.5. The van der Waals surface area contributed by atoms with Gasteiger partial charge in [-0.2, -0.15) is 0 Å². The molecule has 17 nitrogen and oxygen atoms in total. The molecule has 2 heterocycles. The number of carbonyl (C=O) groups excluding carboxylic acids is 2. The molecule has 2 amide bonds. The van der Waals surface area contributed by atoms with Crippen LogP contribution in [0, 0.1) is 19.8 Å². The molecule has 4 aliphatic rings. The highest BCUT2D eigenvalue weighted by Gasteiger charge is 2.40. The van der Waals surface area contributed by atoms with Gasteiger partial charge in [0.15, 0.2) is 9.84 Å². The molecule has 84 heavy (non-hydrogen) atoms. The summed E-state index contributed by atoms with van der Waals surface area (Å²) in [6, 6.07) is 16.9. The molecule has 0 unspecified atom stereocenters. The van der Waals surface area contributed by atoms with Gasteiger partial charge < -0.3 is 44.3 Å². The Morgan fingerprint density at radius 3 is 1.75 bits per heavy atom. The highest BCUT2D eigenvalue weighted by molar-refractivity contribution is 7.91. The lowest BCUT2D eigenvalue weighted by Crippen LogP contribution is -2.38. The number of likely N-dealkylation sites (tertiary alicyclic amines) is 2. The van der Waals surface area contributed by atoms with E-state index >= 15 is 0 Å². The normalized spacial score (nSPS) is 20.9. The molecular weight excluding hydrogens is 1200 g/mol. The number of benzene rings is 4. The number of unbranched alkanes of at least 4 members (excludes halogenated alkanes) is 2. The fourth-order valence-electron chi connectivity index (χ4n) is 11.9. The van der Waals surface area contributed by atoms with Gasteiger partial charge in [0.2, 0.25) is 10.0 Å². The van der Waals surface area contributed by atoms with E-state index < -0.39 is 19.9 Å². The molecule has 2 aliphatic carbocycles.